The van der Waals surface area contributed by atoms with E-state index in [4.69, 9.17) is 4.74 Å². The van der Waals surface area contributed by atoms with Crippen molar-refractivity contribution in [3.05, 3.63) is 77.7 Å². The van der Waals surface area contributed by atoms with Crippen molar-refractivity contribution in [1.82, 2.24) is 15.5 Å². The first-order valence-electron chi connectivity index (χ1n) is 13.2. The molecule has 3 rings (SSSR count). The van der Waals surface area contributed by atoms with E-state index < -0.39 is 33.6 Å². The highest BCUT2D eigenvalue weighted by atomic mass is 32.2. The molecule has 0 saturated carbocycles. The molecule has 1 fully saturated rings. The van der Waals surface area contributed by atoms with Crippen LogP contribution in [0.5, 0.6) is 0 Å². The molecule has 210 valence electrons. The Balaban J connectivity index is 1.76. The first-order chi connectivity index (χ1) is 18.7. The molecule has 2 atom stereocenters. The highest BCUT2D eigenvalue weighted by Crippen LogP contribution is 2.13. The van der Waals surface area contributed by atoms with Gasteiger partial charge in [0.05, 0.1) is 24.2 Å². The average Bonchev–Trinajstić information content (AvgIpc) is 2.94. The molecule has 0 bridgehead atoms. The zero-order valence-corrected chi connectivity index (χ0v) is 23.2. The summed E-state index contributed by atoms with van der Waals surface area (Å²) in [5.41, 5.74) is 0.977. The van der Waals surface area contributed by atoms with E-state index in [1.807, 2.05) is 44.2 Å². The minimum atomic E-state index is -3.83. The Bertz CT molecular complexity index is 1230. The number of nitrogens with one attached hydrogen (secondary N) is 2. The lowest BCUT2D eigenvalue weighted by Gasteiger charge is -2.30. The third-order valence-electron chi connectivity index (χ3n) is 6.33. The molecular formula is C29H37N3O6S. The number of aryl methyl sites for hydroxylation is 1. The third-order valence-corrected chi connectivity index (χ3v) is 7.75. The standard InChI is InChI=1S/C29H37N3O6S/c1-22(2)21-26(31-29(35)32-16-18-38-19-17-32)28(34)30-25(14-13-23-9-5-3-6-10-23)27(33)15-20-39(36,37)24-11-7-4-8-12-24/h3-12,15,20,22,25-26H,13-14,16-19,21H2,1-2H3,(H,30,34)(H,31,35)/t25-,26-/m0/s1. The molecule has 0 radical (unpaired) electrons. The van der Waals surface area contributed by atoms with Gasteiger partial charge in [-0.25, -0.2) is 13.2 Å². The summed E-state index contributed by atoms with van der Waals surface area (Å²) >= 11 is 0. The van der Waals surface area contributed by atoms with E-state index in [1.165, 1.54) is 12.1 Å². The van der Waals surface area contributed by atoms with Gasteiger partial charge >= 0.3 is 6.03 Å². The van der Waals surface area contributed by atoms with E-state index in [2.05, 4.69) is 10.6 Å². The van der Waals surface area contributed by atoms with Crippen LogP contribution in [0, 0.1) is 5.92 Å². The normalized spacial score (nSPS) is 15.6. The quantitative estimate of drug-likeness (QED) is 0.388. The summed E-state index contributed by atoms with van der Waals surface area (Å²) < 4.78 is 30.6. The van der Waals surface area contributed by atoms with Crippen LogP contribution >= 0.6 is 0 Å². The summed E-state index contributed by atoms with van der Waals surface area (Å²) in [4.78, 5) is 41.1. The zero-order chi connectivity index (χ0) is 28.3. The molecule has 0 spiro atoms. The minimum absolute atomic E-state index is 0.0711. The number of benzene rings is 2. The number of morpholine rings is 1. The molecule has 2 aromatic rings. The SMILES string of the molecule is CC(C)C[C@H](NC(=O)N1CCOCC1)C(=O)N[C@@H](CCc1ccccc1)C(=O)C=CS(=O)(=O)c1ccccc1. The molecular weight excluding hydrogens is 518 g/mol. The zero-order valence-electron chi connectivity index (χ0n) is 22.4. The first kappa shape index (κ1) is 30.0. The fourth-order valence-electron chi connectivity index (χ4n) is 4.18. The predicted molar refractivity (Wildman–Crippen MR) is 149 cm³/mol. The van der Waals surface area contributed by atoms with E-state index >= 15 is 0 Å². The van der Waals surface area contributed by atoms with Gasteiger partial charge in [-0.1, -0.05) is 62.4 Å². The molecule has 39 heavy (non-hydrogen) atoms. The van der Waals surface area contributed by atoms with Gasteiger partial charge in [-0.2, -0.15) is 0 Å². The van der Waals surface area contributed by atoms with E-state index in [0.717, 1.165) is 17.0 Å². The van der Waals surface area contributed by atoms with Crippen molar-refractivity contribution < 1.29 is 27.5 Å². The summed E-state index contributed by atoms with van der Waals surface area (Å²) in [5, 5.41) is 6.47. The van der Waals surface area contributed by atoms with Gasteiger partial charge in [0.15, 0.2) is 15.6 Å². The summed E-state index contributed by atoms with van der Waals surface area (Å²) in [6, 6.07) is 15.1. The first-order valence-corrected chi connectivity index (χ1v) is 14.7. The van der Waals surface area contributed by atoms with E-state index in [-0.39, 0.29) is 23.3 Å². The van der Waals surface area contributed by atoms with Crippen LogP contribution in [0.3, 0.4) is 0 Å². The van der Waals surface area contributed by atoms with Crippen molar-refractivity contribution in [2.45, 2.75) is 50.1 Å². The monoisotopic (exact) mass is 555 g/mol. The largest absolute Gasteiger partial charge is 0.378 e. The molecule has 3 amide bonds. The van der Waals surface area contributed by atoms with Gasteiger partial charge in [0.1, 0.15) is 6.04 Å². The van der Waals surface area contributed by atoms with Gasteiger partial charge < -0.3 is 20.3 Å². The second-order valence-electron chi connectivity index (χ2n) is 9.88. The Hall–Kier alpha value is -3.50. The third kappa shape index (κ3) is 9.63. The maximum atomic E-state index is 13.4. The molecule has 1 aliphatic heterocycles. The van der Waals surface area contributed by atoms with Crippen LogP contribution in [0.1, 0.15) is 32.3 Å². The Labute approximate surface area is 230 Å². The van der Waals surface area contributed by atoms with Gasteiger partial charge in [0.25, 0.3) is 0 Å². The van der Waals surface area contributed by atoms with Crippen molar-refractivity contribution >= 4 is 27.6 Å². The number of sulfone groups is 1. The minimum Gasteiger partial charge on any atom is -0.378 e. The van der Waals surface area contributed by atoms with Gasteiger partial charge in [-0.3, -0.25) is 9.59 Å². The number of nitrogens with zero attached hydrogens (tertiary/aromatic N) is 1. The Morgan fingerprint density at radius 2 is 1.54 bits per heavy atom. The van der Waals surface area contributed by atoms with Gasteiger partial charge in [0.2, 0.25) is 5.91 Å². The highest BCUT2D eigenvalue weighted by molar-refractivity contribution is 7.94. The molecule has 10 heteroatoms. The molecule has 2 N–H and O–H groups in total. The maximum Gasteiger partial charge on any atom is 0.318 e. The molecule has 0 aromatic heterocycles. The van der Waals surface area contributed by atoms with Crippen molar-refractivity contribution in [2.75, 3.05) is 26.3 Å². The van der Waals surface area contributed by atoms with Gasteiger partial charge in [-0.05, 0) is 49.0 Å². The number of hydrogen-bond acceptors (Lipinski definition) is 6. The van der Waals surface area contributed by atoms with Gasteiger partial charge in [-0.15, -0.1) is 0 Å². The average molecular weight is 556 g/mol. The fraction of sp³-hybridized carbons (Fsp3) is 0.414. The molecule has 0 aliphatic carbocycles. The summed E-state index contributed by atoms with van der Waals surface area (Å²) in [6.07, 6.45) is 2.13. The number of hydrogen-bond donors (Lipinski definition) is 2. The van der Waals surface area contributed by atoms with Crippen molar-refractivity contribution in [3.63, 3.8) is 0 Å². The number of amides is 3. The van der Waals surface area contributed by atoms with Gasteiger partial charge in [0, 0.05) is 18.5 Å². The Morgan fingerprint density at radius 3 is 2.15 bits per heavy atom. The van der Waals surface area contributed by atoms with Crippen LogP contribution in [0.15, 0.2) is 77.0 Å². The lowest BCUT2D eigenvalue weighted by atomic mass is 9.99. The van der Waals surface area contributed by atoms with Crippen LogP contribution in [0.4, 0.5) is 4.79 Å². The lowest BCUT2D eigenvalue weighted by molar-refractivity contribution is -0.127. The summed E-state index contributed by atoms with van der Waals surface area (Å²) in [6.45, 7) is 5.61. The maximum absolute atomic E-state index is 13.4. The van der Waals surface area contributed by atoms with Crippen molar-refractivity contribution in [2.24, 2.45) is 5.92 Å². The summed E-state index contributed by atoms with van der Waals surface area (Å²) in [5.74, 6) is -0.933. The number of ether oxygens (including phenoxy) is 1. The number of carbonyl (C=O) groups excluding carboxylic acids is 3. The van der Waals surface area contributed by atoms with E-state index in [0.29, 0.717) is 39.1 Å². The van der Waals surface area contributed by atoms with E-state index in [9.17, 15) is 22.8 Å². The van der Waals surface area contributed by atoms with Crippen LogP contribution < -0.4 is 10.6 Å². The van der Waals surface area contributed by atoms with Crippen LogP contribution in [-0.4, -0.2) is 69.4 Å². The Kier molecular flexibility index (Phi) is 11.2. The van der Waals surface area contributed by atoms with Crippen LogP contribution in [0.25, 0.3) is 0 Å². The number of ketones is 1. The molecule has 9 nitrogen and oxygen atoms in total. The fourth-order valence-corrected chi connectivity index (χ4v) is 5.19. The number of carbonyl (C=O) groups is 3. The van der Waals surface area contributed by atoms with Crippen LogP contribution in [0.2, 0.25) is 0 Å². The molecule has 0 unspecified atom stereocenters. The smallest absolute Gasteiger partial charge is 0.318 e. The second-order valence-corrected chi connectivity index (χ2v) is 11.7. The summed E-state index contributed by atoms with van der Waals surface area (Å²) in [7, 11) is -3.83. The topological polar surface area (TPSA) is 122 Å². The van der Waals surface area contributed by atoms with Crippen molar-refractivity contribution in [1.29, 1.82) is 0 Å². The number of urea groups is 1. The van der Waals surface area contributed by atoms with E-state index in [1.54, 1.807) is 23.1 Å². The molecule has 1 aliphatic rings. The Morgan fingerprint density at radius 1 is 0.923 bits per heavy atom. The molecule has 1 saturated heterocycles. The van der Waals surface area contributed by atoms with Crippen molar-refractivity contribution in [3.8, 4) is 0 Å². The lowest BCUT2D eigenvalue weighted by Crippen LogP contribution is -2.55. The predicted octanol–water partition coefficient (Wildman–Crippen LogP) is 3.12. The number of rotatable bonds is 12. The molecule has 2 aromatic carbocycles. The highest BCUT2D eigenvalue weighted by Gasteiger charge is 2.28. The second kappa shape index (κ2) is 14.6. The molecule has 1 heterocycles. The van der Waals surface area contributed by atoms with Crippen LogP contribution in [-0.2, 0) is 30.6 Å².